The Hall–Kier alpha value is -3.54. The van der Waals surface area contributed by atoms with E-state index in [0.717, 1.165) is 34.6 Å². The van der Waals surface area contributed by atoms with E-state index in [2.05, 4.69) is 11.1 Å². The number of benzene rings is 2. The Labute approximate surface area is 162 Å². The molecule has 0 unspecified atom stereocenters. The number of methoxy groups -OCH3 is 1. The van der Waals surface area contributed by atoms with E-state index < -0.39 is 6.23 Å². The van der Waals surface area contributed by atoms with E-state index in [1.807, 2.05) is 41.4 Å². The van der Waals surface area contributed by atoms with Crippen molar-refractivity contribution in [1.29, 1.82) is 0 Å². The van der Waals surface area contributed by atoms with Crippen molar-refractivity contribution < 1.29 is 14.6 Å². The first-order chi connectivity index (χ1) is 13.7. The first-order valence-electron chi connectivity index (χ1n) is 9.13. The Morgan fingerprint density at radius 2 is 1.96 bits per heavy atom. The lowest BCUT2D eigenvalue weighted by atomic mass is 9.95. The van der Waals surface area contributed by atoms with Crippen molar-refractivity contribution in [2.24, 2.45) is 5.10 Å². The lowest BCUT2D eigenvalue weighted by Gasteiger charge is -2.38. The van der Waals surface area contributed by atoms with Crippen molar-refractivity contribution in [1.82, 2.24) is 9.99 Å². The number of hydrogen-bond acceptors (Lipinski definition) is 6. The van der Waals surface area contributed by atoms with Crippen LogP contribution in [0.3, 0.4) is 0 Å². The van der Waals surface area contributed by atoms with Crippen LogP contribution < -0.4 is 9.47 Å². The fourth-order valence-electron chi connectivity index (χ4n) is 3.81. The second kappa shape index (κ2) is 6.56. The molecule has 0 aliphatic carbocycles. The van der Waals surface area contributed by atoms with Gasteiger partial charge in [0, 0.05) is 29.9 Å². The normalized spacial score (nSPS) is 20.0. The molecule has 0 saturated carbocycles. The van der Waals surface area contributed by atoms with Gasteiger partial charge in [-0.1, -0.05) is 18.2 Å². The van der Waals surface area contributed by atoms with Crippen molar-refractivity contribution in [3.05, 3.63) is 83.7 Å². The van der Waals surface area contributed by atoms with E-state index in [0.29, 0.717) is 5.75 Å². The van der Waals surface area contributed by atoms with Gasteiger partial charge in [-0.25, -0.2) is 5.01 Å². The Kier molecular flexibility index (Phi) is 3.90. The molecular formula is C22H19N3O3. The zero-order chi connectivity index (χ0) is 19.1. The number of phenolic OH excluding ortho intramolecular Hbond substituents is 1. The van der Waals surface area contributed by atoms with Crippen LogP contribution in [-0.4, -0.2) is 27.9 Å². The lowest BCUT2D eigenvalue weighted by molar-refractivity contribution is -0.0211. The highest BCUT2D eigenvalue weighted by atomic mass is 16.5. The molecule has 0 fully saturated rings. The van der Waals surface area contributed by atoms with Gasteiger partial charge in [-0.15, -0.1) is 0 Å². The highest BCUT2D eigenvalue weighted by Gasteiger charge is 2.42. The number of para-hydroxylation sites is 1. The standard InChI is InChI=1S/C22H19N3O3/c1-27-20-6-2-5-17-19-12-18(14-7-9-16(26)10-8-14)24-25(19)22(28-21(17)20)15-4-3-11-23-13-15/h2-11,13,19,22,26H,12H2,1H3/t19-,22+/m1/s1. The summed E-state index contributed by atoms with van der Waals surface area (Å²) >= 11 is 0. The van der Waals surface area contributed by atoms with Crippen LogP contribution in [-0.2, 0) is 0 Å². The second-order valence-corrected chi connectivity index (χ2v) is 6.83. The summed E-state index contributed by atoms with van der Waals surface area (Å²) < 4.78 is 11.9. The molecule has 140 valence electrons. The van der Waals surface area contributed by atoms with Gasteiger partial charge in [0.15, 0.2) is 11.5 Å². The molecule has 3 heterocycles. The van der Waals surface area contributed by atoms with E-state index in [9.17, 15) is 5.11 Å². The molecule has 2 aliphatic rings. The summed E-state index contributed by atoms with van der Waals surface area (Å²) in [5.74, 6) is 1.71. The van der Waals surface area contributed by atoms with Gasteiger partial charge < -0.3 is 14.6 Å². The maximum Gasteiger partial charge on any atom is 0.215 e. The predicted octanol–water partition coefficient (Wildman–Crippen LogP) is 4.04. The summed E-state index contributed by atoms with van der Waals surface area (Å²) in [4.78, 5) is 4.25. The van der Waals surface area contributed by atoms with Crippen LogP contribution in [0.5, 0.6) is 17.2 Å². The summed E-state index contributed by atoms with van der Waals surface area (Å²) in [6.45, 7) is 0. The number of nitrogens with zero attached hydrogens (tertiary/aromatic N) is 3. The maximum absolute atomic E-state index is 9.59. The average Bonchev–Trinajstić information content (AvgIpc) is 3.19. The minimum absolute atomic E-state index is 0.0351. The second-order valence-electron chi connectivity index (χ2n) is 6.83. The molecule has 0 saturated heterocycles. The van der Waals surface area contributed by atoms with Crippen LogP contribution >= 0.6 is 0 Å². The zero-order valence-corrected chi connectivity index (χ0v) is 15.3. The molecule has 3 aromatic rings. The number of aromatic nitrogens is 1. The third-order valence-electron chi connectivity index (χ3n) is 5.17. The average molecular weight is 373 g/mol. The Morgan fingerprint density at radius 1 is 1.11 bits per heavy atom. The van der Waals surface area contributed by atoms with Crippen LogP contribution in [0.2, 0.25) is 0 Å². The topological polar surface area (TPSA) is 67.2 Å². The van der Waals surface area contributed by atoms with Crippen molar-refractivity contribution in [3.63, 3.8) is 0 Å². The SMILES string of the molecule is COc1cccc2c1O[C@@H](c1cccnc1)N1N=C(c3ccc(O)cc3)C[C@H]21. The molecule has 0 spiro atoms. The fourth-order valence-corrected chi connectivity index (χ4v) is 3.81. The zero-order valence-electron chi connectivity index (χ0n) is 15.3. The molecule has 2 atom stereocenters. The molecule has 2 aromatic carbocycles. The smallest absolute Gasteiger partial charge is 0.215 e. The van der Waals surface area contributed by atoms with Crippen molar-refractivity contribution in [2.75, 3.05) is 7.11 Å². The highest BCUT2D eigenvalue weighted by Crippen LogP contribution is 2.50. The number of pyridine rings is 1. The number of fused-ring (bicyclic) bond motifs is 3. The van der Waals surface area contributed by atoms with Gasteiger partial charge in [0.25, 0.3) is 0 Å². The number of hydrazone groups is 1. The van der Waals surface area contributed by atoms with Crippen LogP contribution in [0.25, 0.3) is 0 Å². The number of rotatable bonds is 3. The first kappa shape index (κ1) is 16.6. The fraction of sp³-hybridized carbons (Fsp3) is 0.182. The molecule has 2 aliphatic heterocycles. The van der Waals surface area contributed by atoms with Gasteiger partial charge >= 0.3 is 0 Å². The molecule has 0 radical (unpaired) electrons. The third-order valence-corrected chi connectivity index (χ3v) is 5.17. The monoisotopic (exact) mass is 373 g/mol. The predicted molar refractivity (Wildman–Crippen MR) is 104 cm³/mol. The Bertz CT molecular complexity index is 1030. The minimum Gasteiger partial charge on any atom is -0.508 e. The summed E-state index contributed by atoms with van der Waals surface area (Å²) in [6.07, 6.45) is 3.89. The van der Waals surface area contributed by atoms with Gasteiger partial charge in [-0.3, -0.25) is 4.98 Å². The first-order valence-corrected chi connectivity index (χ1v) is 9.13. The molecule has 6 nitrogen and oxygen atoms in total. The largest absolute Gasteiger partial charge is 0.508 e. The van der Waals surface area contributed by atoms with Crippen LogP contribution in [0.15, 0.2) is 72.1 Å². The molecule has 0 amide bonds. The summed E-state index contributed by atoms with van der Waals surface area (Å²) in [6, 6.07) is 17.0. The van der Waals surface area contributed by atoms with E-state index in [4.69, 9.17) is 14.6 Å². The molecule has 1 N–H and O–H groups in total. The number of phenols is 1. The van der Waals surface area contributed by atoms with Crippen LogP contribution in [0.4, 0.5) is 0 Å². The molecule has 5 rings (SSSR count). The summed E-state index contributed by atoms with van der Waals surface area (Å²) in [7, 11) is 1.65. The molecule has 6 heteroatoms. The highest BCUT2D eigenvalue weighted by molar-refractivity contribution is 6.02. The quantitative estimate of drug-likeness (QED) is 0.751. The number of ether oxygens (including phenoxy) is 2. The van der Waals surface area contributed by atoms with E-state index in [-0.39, 0.29) is 11.8 Å². The minimum atomic E-state index is -0.392. The Balaban J connectivity index is 1.61. The Morgan fingerprint density at radius 3 is 2.71 bits per heavy atom. The van der Waals surface area contributed by atoms with Gasteiger partial charge in [0.05, 0.1) is 18.9 Å². The van der Waals surface area contributed by atoms with E-state index in [1.165, 1.54) is 0 Å². The lowest BCUT2D eigenvalue weighted by Crippen LogP contribution is -2.33. The maximum atomic E-state index is 9.59. The molecule has 28 heavy (non-hydrogen) atoms. The summed E-state index contributed by atoms with van der Waals surface area (Å²) in [5, 5.41) is 16.5. The van der Waals surface area contributed by atoms with Crippen LogP contribution in [0, 0.1) is 0 Å². The molecule has 0 bridgehead atoms. The van der Waals surface area contributed by atoms with Crippen LogP contribution in [0.1, 0.15) is 35.4 Å². The van der Waals surface area contributed by atoms with Gasteiger partial charge in [-0.2, -0.15) is 5.10 Å². The molecular weight excluding hydrogens is 354 g/mol. The van der Waals surface area contributed by atoms with Crippen molar-refractivity contribution in [3.8, 4) is 17.2 Å². The number of aromatic hydroxyl groups is 1. The summed E-state index contributed by atoms with van der Waals surface area (Å²) in [5.41, 5.74) is 3.93. The molecule has 1 aromatic heterocycles. The van der Waals surface area contributed by atoms with E-state index >= 15 is 0 Å². The van der Waals surface area contributed by atoms with Gasteiger partial charge in [0.2, 0.25) is 6.23 Å². The van der Waals surface area contributed by atoms with Gasteiger partial charge in [-0.05, 0) is 42.0 Å². The van der Waals surface area contributed by atoms with Crippen molar-refractivity contribution in [2.45, 2.75) is 18.7 Å². The van der Waals surface area contributed by atoms with Gasteiger partial charge in [0.1, 0.15) is 5.75 Å². The van der Waals surface area contributed by atoms with Crippen molar-refractivity contribution >= 4 is 5.71 Å². The third kappa shape index (κ3) is 2.65. The number of hydrogen-bond donors (Lipinski definition) is 1. The van der Waals surface area contributed by atoms with E-state index in [1.54, 1.807) is 31.6 Å².